The Labute approximate surface area is 284 Å². The van der Waals surface area contributed by atoms with E-state index >= 15 is 0 Å². The second kappa shape index (κ2) is 12.9. The van der Waals surface area contributed by atoms with Crippen LogP contribution in [0.4, 0.5) is 22.9 Å². The van der Waals surface area contributed by atoms with E-state index in [1.807, 2.05) is 30.6 Å². The molecule has 0 spiro atoms. The number of carbonyl (C=O) groups is 2. The molecular formula is C35H40N10O4. The third kappa shape index (κ3) is 5.96. The molecule has 0 saturated carbocycles. The zero-order valence-corrected chi connectivity index (χ0v) is 27.2. The Morgan fingerprint density at radius 1 is 0.857 bits per heavy atom. The number of benzene rings is 2. The van der Waals surface area contributed by atoms with Gasteiger partial charge in [-0.1, -0.05) is 18.2 Å². The number of hydrogen-bond acceptors (Lipinski definition) is 12. The van der Waals surface area contributed by atoms with Crippen molar-refractivity contribution < 1.29 is 19.4 Å². The third-order valence-electron chi connectivity index (χ3n) is 10.2. The Hall–Kier alpha value is -5.37. The molecule has 49 heavy (non-hydrogen) atoms. The minimum atomic E-state index is -0.358. The van der Waals surface area contributed by atoms with Crippen molar-refractivity contribution in [2.75, 3.05) is 72.9 Å². The lowest BCUT2D eigenvalue weighted by Crippen LogP contribution is -2.54. The summed E-state index contributed by atoms with van der Waals surface area (Å²) in [6.45, 7) is 6.72. The van der Waals surface area contributed by atoms with Gasteiger partial charge < -0.3 is 30.3 Å². The molecule has 2 aromatic heterocycles. The van der Waals surface area contributed by atoms with Crippen LogP contribution >= 0.6 is 0 Å². The van der Waals surface area contributed by atoms with Crippen LogP contribution in [0.1, 0.15) is 25.7 Å². The minimum Gasteiger partial charge on any atom is -0.507 e. The fourth-order valence-electron chi connectivity index (χ4n) is 7.63. The second-order valence-electron chi connectivity index (χ2n) is 13.0. The third-order valence-corrected chi connectivity index (χ3v) is 10.2. The van der Waals surface area contributed by atoms with Gasteiger partial charge in [0.2, 0.25) is 11.8 Å². The van der Waals surface area contributed by atoms with Crippen molar-refractivity contribution >= 4 is 34.7 Å². The molecular weight excluding hydrogens is 624 g/mol. The highest BCUT2D eigenvalue weighted by atomic mass is 16.5. The lowest BCUT2D eigenvalue weighted by molar-refractivity contribution is -0.134. The number of anilines is 4. The Kier molecular flexibility index (Phi) is 8.15. The quantitative estimate of drug-likeness (QED) is 0.259. The van der Waals surface area contributed by atoms with Crippen LogP contribution in [-0.4, -0.2) is 106 Å². The molecule has 4 aliphatic heterocycles. The molecule has 254 valence electrons. The van der Waals surface area contributed by atoms with Crippen molar-refractivity contribution in [3.63, 3.8) is 0 Å². The van der Waals surface area contributed by atoms with Gasteiger partial charge in [0.25, 0.3) is 0 Å². The van der Waals surface area contributed by atoms with Crippen molar-refractivity contribution in [1.29, 1.82) is 0 Å². The first-order chi connectivity index (χ1) is 23.9. The van der Waals surface area contributed by atoms with Gasteiger partial charge in [-0.05, 0) is 49.6 Å². The van der Waals surface area contributed by atoms with Gasteiger partial charge in [0.15, 0.2) is 11.6 Å². The number of nitrogens with two attached hydrogens (primary N) is 1. The van der Waals surface area contributed by atoms with E-state index in [2.05, 4.69) is 46.3 Å². The first-order valence-corrected chi connectivity index (χ1v) is 17.0. The number of nitrogens with zero attached hydrogens (tertiary/aromatic N) is 8. The standard InChI is InChI=1S/C35H40N10O4/c36-34-30(20-26(39-40-34)25-4-1-2-7-31(25)46)45-22-24(21-37-45)42-16-14-41(15-17-42)23-10-12-43(13-11-23)27-5-3-6-28-33(27)49-19-18-44(28)29-8-9-32(47)38-35(29)48/h1-7,20-23,29,46H,8-19H2,(H2,36,40)(H,38,47,48)/t29-/m1/s1. The number of aromatic nitrogens is 4. The fourth-order valence-corrected chi connectivity index (χ4v) is 7.63. The molecule has 0 aliphatic carbocycles. The minimum absolute atomic E-state index is 0.128. The molecule has 4 aromatic rings. The molecule has 6 heterocycles. The highest BCUT2D eigenvalue weighted by Crippen LogP contribution is 2.43. The first kappa shape index (κ1) is 30.9. The van der Waals surface area contributed by atoms with Crippen molar-refractivity contribution in [2.45, 2.75) is 37.8 Å². The normalized spacial score (nSPS) is 20.6. The molecule has 4 aliphatic rings. The van der Waals surface area contributed by atoms with Crippen LogP contribution in [0.15, 0.2) is 60.9 Å². The van der Waals surface area contributed by atoms with Crippen molar-refractivity contribution in [2.24, 2.45) is 0 Å². The molecule has 1 atom stereocenters. The average molecular weight is 665 g/mol. The maximum absolute atomic E-state index is 12.7. The van der Waals surface area contributed by atoms with E-state index < -0.39 is 0 Å². The van der Waals surface area contributed by atoms with Crippen LogP contribution in [0.2, 0.25) is 0 Å². The van der Waals surface area contributed by atoms with Crippen LogP contribution in [0.25, 0.3) is 16.9 Å². The van der Waals surface area contributed by atoms with E-state index in [-0.39, 0.29) is 29.4 Å². The SMILES string of the molecule is Nc1nnc(-c2ccccc2O)cc1-n1cc(N2CCN(C3CCN(c4cccc5c4OCCN5[C@@H]4CCC(=O)NC4=O)CC3)CC2)cn1. The van der Waals surface area contributed by atoms with Crippen LogP contribution in [0.3, 0.4) is 0 Å². The van der Waals surface area contributed by atoms with Crippen molar-refractivity contribution in [3.8, 4) is 28.4 Å². The lowest BCUT2D eigenvalue weighted by atomic mass is 10.00. The molecule has 3 fully saturated rings. The Morgan fingerprint density at radius 3 is 2.45 bits per heavy atom. The van der Waals surface area contributed by atoms with E-state index in [9.17, 15) is 14.7 Å². The predicted octanol–water partition coefficient (Wildman–Crippen LogP) is 2.41. The van der Waals surface area contributed by atoms with Gasteiger partial charge in [-0.25, -0.2) is 4.68 Å². The lowest BCUT2D eigenvalue weighted by Gasteiger charge is -2.44. The van der Waals surface area contributed by atoms with E-state index in [0.29, 0.717) is 49.0 Å². The van der Waals surface area contributed by atoms with Gasteiger partial charge >= 0.3 is 0 Å². The number of ether oxygens (including phenoxy) is 1. The number of piperazine rings is 1. The molecule has 3 saturated heterocycles. The van der Waals surface area contributed by atoms with Gasteiger partial charge in [0, 0.05) is 57.3 Å². The summed E-state index contributed by atoms with van der Waals surface area (Å²) in [4.78, 5) is 33.9. The summed E-state index contributed by atoms with van der Waals surface area (Å²) in [5, 5.41) is 25.7. The molecule has 0 bridgehead atoms. The Balaban J connectivity index is 0.884. The number of phenols is 1. The maximum Gasteiger partial charge on any atom is 0.249 e. The van der Waals surface area contributed by atoms with Gasteiger partial charge in [-0.2, -0.15) is 5.10 Å². The number of imide groups is 1. The number of para-hydroxylation sites is 2. The number of piperidine rings is 2. The van der Waals surface area contributed by atoms with Crippen LogP contribution in [-0.2, 0) is 9.59 Å². The summed E-state index contributed by atoms with van der Waals surface area (Å²) < 4.78 is 7.94. The summed E-state index contributed by atoms with van der Waals surface area (Å²) in [7, 11) is 0. The summed E-state index contributed by atoms with van der Waals surface area (Å²) in [5.41, 5.74) is 10.9. The molecule has 14 nitrogen and oxygen atoms in total. The van der Waals surface area contributed by atoms with Crippen LogP contribution < -0.4 is 30.5 Å². The summed E-state index contributed by atoms with van der Waals surface area (Å²) in [5.74, 6) is 0.807. The molecule has 4 N–H and O–H groups in total. The molecule has 8 rings (SSSR count). The number of phenolic OH excluding ortho intramolecular Hbond substituents is 1. The van der Waals surface area contributed by atoms with Crippen LogP contribution in [0.5, 0.6) is 11.5 Å². The van der Waals surface area contributed by atoms with Gasteiger partial charge in [0.05, 0.1) is 41.7 Å². The van der Waals surface area contributed by atoms with E-state index in [4.69, 9.17) is 10.5 Å². The maximum atomic E-state index is 12.7. The van der Waals surface area contributed by atoms with E-state index in [1.54, 1.807) is 28.9 Å². The van der Waals surface area contributed by atoms with Crippen LogP contribution in [0, 0.1) is 0 Å². The number of hydrogen-bond donors (Lipinski definition) is 3. The van der Waals surface area contributed by atoms with Gasteiger partial charge in [0.1, 0.15) is 24.1 Å². The van der Waals surface area contributed by atoms with Gasteiger partial charge in [-0.3, -0.25) is 19.8 Å². The topological polar surface area (TPSA) is 158 Å². The zero-order valence-electron chi connectivity index (χ0n) is 27.2. The summed E-state index contributed by atoms with van der Waals surface area (Å²) in [6.07, 6.45) is 6.83. The summed E-state index contributed by atoms with van der Waals surface area (Å²) >= 11 is 0. The number of amides is 2. The number of nitrogen functional groups attached to an aromatic ring is 1. The highest BCUT2D eigenvalue weighted by Gasteiger charge is 2.36. The first-order valence-electron chi connectivity index (χ1n) is 17.0. The summed E-state index contributed by atoms with van der Waals surface area (Å²) in [6, 6.07) is 15.1. The highest BCUT2D eigenvalue weighted by molar-refractivity contribution is 6.02. The number of nitrogens with one attached hydrogen (secondary N) is 1. The number of rotatable bonds is 6. The second-order valence-corrected chi connectivity index (χ2v) is 13.0. The predicted molar refractivity (Wildman–Crippen MR) is 185 cm³/mol. The molecule has 14 heteroatoms. The van der Waals surface area contributed by atoms with Gasteiger partial charge in [-0.15, -0.1) is 10.2 Å². The molecule has 0 radical (unpaired) electrons. The largest absolute Gasteiger partial charge is 0.507 e. The van der Waals surface area contributed by atoms with E-state index in [1.165, 1.54) is 0 Å². The van der Waals surface area contributed by atoms with Crippen molar-refractivity contribution in [3.05, 3.63) is 60.9 Å². The Bertz CT molecular complexity index is 1860. The number of carbonyl (C=O) groups excluding carboxylic acids is 2. The monoisotopic (exact) mass is 664 g/mol. The fraction of sp³-hybridized carbons (Fsp3) is 0.400. The smallest absolute Gasteiger partial charge is 0.249 e. The molecule has 2 aromatic carbocycles. The Morgan fingerprint density at radius 2 is 1.65 bits per heavy atom. The molecule has 0 unspecified atom stereocenters. The zero-order chi connectivity index (χ0) is 33.5. The van der Waals surface area contributed by atoms with E-state index in [0.717, 1.165) is 74.9 Å². The molecule has 2 amide bonds. The number of aromatic hydroxyl groups is 1. The number of fused-ring (bicyclic) bond motifs is 1. The average Bonchev–Trinajstić information content (AvgIpc) is 3.62. The van der Waals surface area contributed by atoms with Crippen molar-refractivity contribution in [1.82, 2.24) is 30.2 Å².